The van der Waals surface area contributed by atoms with Crippen LogP contribution in [0.1, 0.15) is 211 Å². The van der Waals surface area contributed by atoms with Gasteiger partial charge in [-0.25, -0.2) is 0 Å². The van der Waals surface area contributed by atoms with E-state index in [1.54, 1.807) is 42.5 Å². The Hall–Kier alpha value is -11.6. The maximum Gasteiger partial charge on any atom is 0.150 e. The van der Waals surface area contributed by atoms with Crippen molar-refractivity contribution in [3.8, 4) is 40.2 Å². The molecule has 14 nitrogen and oxygen atoms in total. The molecule has 0 saturated carbocycles. The molecule has 0 spiro atoms. The van der Waals surface area contributed by atoms with Gasteiger partial charge in [0.2, 0.25) is 0 Å². The number of phenols is 7. The molecule has 14 rings (SSSR count). The fourth-order valence-corrected chi connectivity index (χ4v) is 22.5. The van der Waals surface area contributed by atoms with Crippen molar-refractivity contribution >= 4 is 178 Å². The first-order valence-electron chi connectivity index (χ1n) is 43.5. The number of carbonyl (C=O) groups is 7. The summed E-state index contributed by atoms with van der Waals surface area (Å²) in [6.45, 7) is 37.3. The lowest BCUT2D eigenvalue weighted by Crippen LogP contribution is -2.21. The highest BCUT2D eigenvalue weighted by Crippen LogP contribution is 2.39. The number of aromatic hydroxyl groups is 7. The molecule has 0 heterocycles. The lowest BCUT2D eigenvalue weighted by atomic mass is 9.80. The van der Waals surface area contributed by atoms with Crippen molar-refractivity contribution in [3.63, 3.8) is 0 Å². The average molecular weight is 1920 g/mol. The lowest BCUT2D eigenvalue weighted by Gasteiger charge is -2.27. The van der Waals surface area contributed by atoms with Gasteiger partial charge in [-0.15, -0.1) is 0 Å². The third-order valence-electron chi connectivity index (χ3n) is 21.3. The number of hydrogen-bond acceptors (Lipinski definition) is 14. The summed E-state index contributed by atoms with van der Waals surface area (Å²) < 4.78 is 0. The van der Waals surface area contributed by atoms with Gasteiger partial charge in [-0.1, -0.05) is 385 Å². The highest BCUT2D eigenvalue weighted by molar-refractivity contribution is 7.58. The fraction of sp³-hybridized carbons (Fsp3) is 0.195. The van der Waals surface area contributed by atoms with Gasteiger partial charge in [-0.2, -0.15) is 0 Å². The van der Waals surface area contributed by atoms with Gasteiger partial charge in [0.05, 0.1) is 0 Å². The molecule has 0 aliphatic heterocycles. The van der Waals surface area contributed by atoms with Crippen molar-refractivity contribution in [2.45, 2.75) is 146 Å². The predicted molar refractivity (Wildman–Crippen MR) is 576 cm³/mol. The van der Waals surface area contributed by atoms with Crippen LogP contribution in [0.4, 0.5) is 0 Å². The van der Waals surface area contributed by atoms with E-state index in [1.165, 1.54) is 11.1 Å². The molecule has 7 atom stereocenters. The second-order valence-corrected chi connectivity index (χ2v) is 45.4. The lowest BCUT2D eigenvalue weighted by molar-refractivity contribution is 0.111. The Kier molecular flexibility index (Phi) is 40.7. The number of carbonyl (C=O) groups excluding carboxylic acids is 7. The van der Waals surface area contributed by atoms with Gasteiger partial charge in [0, 0.05) is 87.2 Å². The Morgan fingerprint density at radius 3 is 0.784 bits per heavy atom. The van der Waals surface area contributed by atoms with Crippen LogP contribution in [0, 0.1) is 41.5 Å². The summed E-state index contributed by atoms with van der Waals surface area (Å²) in [6, 6.07) is 87.2. The van der Waals surface area contributed by atoms with Crippen LogP contribution in [0.2, 0.25) is 0 Å². The Morgan fingerprint density at radius 1 is 0.194 bits per heavy atom. The van der Waals surface area contributed by atoms with Crippen LogP contribution in [-0.2, 0) is 21.7 Å². The molecule has 14 aromatic carbocycles. The van der Waals surface area contributed by atoms with E-state index >= 15 is 0 Å². The molecule has 0 aliphatic rings. The first-order valence-corrected chi connectivity index (χ1v) is 50.5. The third-order valence-corrected chi connectivity index (χ3v) is 31.0. The largest absolute Gasteiger partial charge is 0.507 e. The molecule has 7 N–H and O–H groups in total. The molecule has 14 aromatic rings. The highest BCUT2D eigenvalue weighted by Gasteiger charge is 2.27. The SMILES string of the molecule is CC(C)(C)c1cc(Pc2ccccc2C=O)c(O)c(C(C)(C)C)c1.Cc1cc(C(C)(C)C)cc(Pc2ccccc2C=O)c1O.Cc1cc(C)c(O)c(Pc2ccccc2C=O)c1.Cc1cc(Pc2ccccc2C=O)c(O)c(C(C)(C)C)c1.Cc1ccc(O)c(Pc2ccccc2C=O)c1.Cc1cccc(Pc2ccccc2C=O)c1O.O=Cc1ccccc1Pc1ccccc1O. The van der Waals surface area contributed by atoms with E-state index in [9.17, 15) is 69.3 Å². The van der Waals surface area contributed by atoms with Crippen LogP contribution in [0.15, 0.2) is 279 Å². The van der Waals surface area contributed by atoms with Crippen molar-refractivity contribution < 1.29 is 69.3 Å². The Bertz CT molecular complexity index is 6350. The topological polar surface area (TPSA) is 261 Å². The fourth-order valence-electron chi connectivity index (χ4n) is 13.6. The van der Waals surface area contributed by atoms with Gasteiger partial charge >= 0.3 is 0 Å². The van der Waals surface area contributed by atoms with Crippen LogP contribution in [-0.4, -0.2) is 79.7 Å². The van der Waals surface area contributed by atoms with E-state index < -0.39 is 0 Å². The molecule has 21 heteroatoms. The normalized spacial score (nSPS) is 11.6. The summed E-state index contributed by atoms with van der Waals surface area (Å²) >= 11 is 0. The van der Waals surface area contributed by atoms with Crippen molar-refractivity contribution in [1.82, 2.24) is 0 Å². The molecule has 0 aromatic heterocycles. The molecular formula is C113H121O14P7. The summed E-state index contributed by atoms with van der Waals surface area (Å²) in [5, 5.41) is 84.2. The van der Waals surface area contributed by atoms with Gasteiger partial charge in [-0.05, 0) is 182 Å². The van der Waals surface area contributed by atoms with E-state index in [2.05, 4.69) is 101 Å². The number of phenolic OH excluding ortho intramolecular Hbond substituents is 7. The third kappa shape index (κ3) is 31.5. The number of aldehydes is 7. The summed E-state index contributed by atoms with van der Waals surface area (Å²) in [4.78, 5) is 77.2. The highest BCUT2D eigenvalue weighted by atomic mass is 31.1. The number of hydrogen-bond donors (Lipinski definition) is 7. The monoisotopic (exact) mass is 1920 g/mol. The molecule has 0 aliphatic carbocycles. The van der Waals surface area contributed by atoms with E-state index in [0.717, 1.165) is 163 Å². The summed E-state index contributed by atoms with van der Waals surface area (Å²) in [7, 11) is 1.98. The van der Waals surface area contributed by atoms with Gasteiger partial charge < -0.3 is 35.7 Å². The zero-order valence-electron chi connectivity index (χ0n) is 79.1. The molecule has 692 valence electrons. The minimum Gasteiger partial charge on any atom is -0.507 e. The van der Waals surface area contributed by atoms with E-state index in [-0.39, 0.29) is 58.9 Å². The van der Waals surface area contributed by atoms with E-state index in [0.29, 0.717) is 102 Å². The maximum atomic E-state index is 11.3. The van der Waals surface area contributed by atoms with Crippen LogP contribution in [0.3, 0.4) is 0 Å². The predicted octanol–water partition coefficient (Wildman–Crippen LogP) is 19.9. The second-order valence-electron chi connectivity index (χ2n) is 36.1. The molecule has 134 heavy (non-hydrogen) atoms. The number of aryl methyl sites for hydroxylation is 6. The number of benzene rings is 14. The first-order chi connectivity index (χ1) is 63.5. The Balaban J connectivity index is 0.000000193. The van der Waals surface area contributed by atoms with Crippen molar-refractivity contribution in [2.24, 2.45) is 0 Å². The van der Waals surface area contributed by atoms with Crippen LogP contribution in [0.25, 0.3) is 0 Å². The Morgan fingerprint density at radius 2 is 0.440 bits per heavy atom. The quantitative estimate of drug-likeness (QED) is 0.0261. The number of para-hydroxylation sites is 2. The molecule has 0 bridgehead atoms. The van der Waals surface area contributed by atoms with Gasteiger partial charge in [0.15, 0.2) is 44.0 Å². The average Bonchev–Trinajstić information content (AvgIpc) is 0.756. The van der Waals surface area contributed by atoms with E-state index in [1.807, 2.05) is 260 Å². The maximum absolute atomic E-state index is 11.3. The zero-order chi connectivity index (χ0) is 98.4. The van der Waals surface area contributed by atoms with Crippen LogP contribution in [0.5, 0.6) is 40.2 Å². The van der Waals surface area contributed by atoms with Gasteiger partial charge in [0.25, 0.3) is 0 Å². The van der Waals surface area contributed by atoms with Crippen molar-refractivity contribution in [1.29, 1.82) is 0 Å². The summed E-state index contributed by atoms with van der Waals surface area (Å²) in [6.07, 6.45) is 6.06. The summed E-state index contributed by atoms with van der Waals surface area (Å²) in [5.41, 5.74) is 14.9. The molecule has 0 amide bonds. The minimum atomic E-state index is -0.144. The zero-order valence-corrected chi connectivity index (χ0v) is 86.1. The first kappa shape index (κ1) is 108. The standard InChI is InChI=1S/C21H27O2P.2C18H21O2P.C15H15O2P.2C14H13O2P.C13H11O2P/c1-20(2,3)15-11-16(21(4,5)6)19(23)18(12-15)24-17-10-8-7-9-14(17)13-22;1-12-9-14(18(2,3)4)10-16(17(12)20)21-15-8-6-5-7-13(15)11-19;1-12-9-14(18(2,3)4)17(20)16(10-12)21-15-8-6-5-7-13(15)11-19;1-10-7-11(2)15(17)14(8-10)18-13-6-4-3-5-12(13)9-16;1-10-5-4-8-13(14(10)16)17-12-7-3-2-6-11(12)9-15;1-10-6-7-12(16)14(8-10)17-13-5-3-2-4-11(13)9-15;14-9-10-5-1-3-7-12(10)16-13-8-4-2-6-11(13)15/h7-13,23-24H,1-6H3;2*5-11,20-21H,1-4H3;3-9,17-18H,1-2H3;2*2-9,16-17H,1H3;1-9,15-16H. The summed E-state index contributed by atoms with van der Waals surface area (Å²) in [5.74, 6) is 2.27. The molecule has 7 unspecified atom stereocenters. The number of rotatable bonds is 21. The Labute approximate surface area is 802 Å². The second kappa shape index (κ2) is 50.6. The smallest absolute Gasteiger partial charge is 0.150 e. The van der Waals surface area contributed by atoms with Crippen LogP contribution < -0.4 is 74.3 Å². The minimum absolute atomic E-state index is 0.00287. The molecular weight excluding hydrogens is 1800 g/mol. The van der Waals surface area contributed by atoms with E-state index in [4.69, 9.17) is 0 Å². The molecule has 0 saturated heterocycles. The molecule has 0 fully saturated rings. The van der Waals surface area contributed by atoms with Crippen molar-refractivity contribution in [3.05, 3.63) is 374 Å². The van der Waals surface area contributed by atoms with Crippen molar-refractivity contribution in [2.75, 3.05) is 0 Å². The van der Waals surface area contributed by atoms with Crippen LogP contribution >= 0.6 is 60.1 Å². The van der Waals surface area contributed by atoms with Gasteiger partial charge in [0.1, 0.15) is 40.2 Å². The van der Waals surface area contributed by atoms with Gasteiger partial charge in [-0.3, -0.25) is 33.6 Å². The molecule has 0 radical (unpaired) electrons.